The molecule has 20 heavy (non-hydrogen) atoms. The highest BCUT2D eigenvalue weighted by Gasteiger charge is 2.25. The smallest absolute Gasteiger partial charge is 0.326 e. The molecule has 0 aliphatic heterocycles. The summed E-state index contributed by atoms with van der Waals surface area (Å²) in [7, 11) is 0. The topological polar surface area (TPSA) is 66.4 Å². The van der Waals surface area contributed by atoms with Gasteiger partial charge in [-0.1, -0.05) is 31.9 Å². The van der Waals surface area contributed by atoms with Gasteiger partial charge in [0.2, 0.25) is 5.91 Å². The molecule has 0 saturated heterocycles. The minimum atomic E-state index is -0.996. The summed E-state index contributed by atoms with van der Waals surface area (Å²) in [5, 5.41) is 12.3. The van der Waals surface area contributed by atoms with E-state index in [0.29, 0.717) is 11.4 Å². The zero-order valence-corrected chi connectivity index (χ0v) is 13.0. The van der Waals surface area contributed by atoms with Gasteiger partial charge < -0.3 is 10.4 Å². The summed E-state index contributed by atoms with van der Waals surface area (Å²) in [6.45, 7) is 3.71. The molecule has 0 spiro atoms. The number of thioether (sulfide) groups is 1. The molecule has 0 bridgehead atoms. The molecule has 0 radical (unpaired) electrons. The molecule has 1 amide bonds. The van der Waals surface area contributed by atoms with Crippen LogP contribution in [0.15, 0.2) is 29.2 Å². The number of halogens is 1. The number of hydrogen-bond donors (Lipinski definition) is 2. The Kier molecular flexibility index (Phi) is 6.88. The number of aliphatic carboxylic acids is 1. The second-order valence-corrected chi connectivity index (χ2v) is 6.00. The molecule has 0 aromatic heterocycles. The summed E-state index contributed by atoms with van der Waals surface area (Å²) in [6.07, 6.45) is 0.696. The lowest BCUT2D eigenvalue weighted by Gasteiger charge is -2.19. The molecule has 0 fully saturated rings. The first kappa shape index (κ1) is 16.9. The number of carboxylic acid groups (broad SMARTS) is 1. The van der Waals surface area contributed by atoms with Crippen molar-refractivity contribution in [1.29, 1.82) is 0 Å². The van der Waals surface area contributed by atoms with E-state index in [2.05, 4.69) is 5.32 Å². The zero-order chi connectivity index (χ0) is 15.1. The fourth-order valence-electron chi connectivity index (χ4n) is 1.58. The van der Waals surface area contributed by atoms with Gasteiger partial charge in [0.05, 0.1) is 5.75 Å². The summed E-state index contributed by atoms with van der Waals surface area (Å²) in [6, 6.07) is 6.31. The van der Waals surface area contributed by atoms with Gasteiger partial charge in [0, 0.05) is 9.92 Å². The van der Waals surface area contributed by atoms with Crippen molar-refractivity contribution < 1.29 is 14.7 Å². The number of rotatable bonds is 7. The Morgan fingerprint density at radius 2 is 1.95 bits per heavy atom. The highest BCUT2D eigenvalue weighted by Crippen LogP contribution is 2.20. The molecule has 1 aromatic carbocycles. The van der Waals surface area contributed by atoms with Crippen molar-refractivity contribution >= 4 is 35.2 Å². The fourth-order valence-corrected chi connectivity index (χ4v) is 2.41. The summed E-state index contributed by atoms with van der Waals surface area (Å²) in [5.74, 6) is -1.19. The lowest BCUT2D eigenvalue weighted by molar-refractivity contribution is -0.143. The van der Waals surface area contributed by atoms with Crippen LogP contribution in [0.1, 0.15) is 20.3 Å². The molecule has 2 unspecified atom stereocenters. The molecule has 0 aliphatic carbocycles. The minimum Gasteiger partial charge on any atom is -0.480 e. The number of benzene rings is 1. The first-order valence-corrected chi connectivity index (χ1v) is 7.71. The van der Waals surface area contributed by atoms with Crippen molar-refractivity contribution in [1.82, 2.24) is 5.32 Å². The van der Waals surface area contributed by atoms with E-state index >= 15 is 0 Å². The number of nitrogens with one attached hydrogen (secondary N) is 1. The van der Waals surface area contributed by atoms with Crippen molar-refractivity contribution in [2.45, 2.75) is 31.2 Å². The first-order valence-electron chi connectivity index (χ1n) is 6.34. The van der Waals surface area contributed by atoms with Gasteiger partial charge in [0.25, 0.3) is 0 Å². The van der Waals surface area contributed by atoms with E-state index in [1.807, 2.05) is 26.0 Å². The lowest BCUT2D eigenvalue weighted by Crippen LogP contribution is -2.45. The zero-order valence-electron chi connectivity index (χ0n) is 11.4. The molecule has 6 heteroatoms. The van der Waals surface area contributed by atoms with Gasteiger partial charge in [-0.25, -0.2) is 4.79 Å². The summed E-state index contributed by atoms with van der Waals surface area (Å²) >= 11 is 7.12. The Morgan fingerprint density at radius 1 is 1.35 bits per heavy atom. The Balaban J connectivity index is 2.49. The summed E-state index contributed by atoms with van der Waals surface area (Å²) in [5.41, 5.74) is 0. The molecule has 1 aromatic rings. The van der Waals surface area contributed by atoms with Gasteiger partial charge >= 0.3 is 5.97 Å². The third-order valence-electron chi connectivity index (χ3n) is 2.98. The molecule has 1 rings (SSSR count). The molecule has 110 valence electrons. The number of carbonyl (C=O) groups is 2. The van der Waals surface area contributed by atoms with E-state index in [1.165, 1.54) is 11.8 Å². The van der Waals surface area contributed by atoms with E-state index in [-0.39, 0.29) is 17.6 Å². The molecular formula is C14H18ClNO3S. The van der Waals surface area contributed by atoms with Crippen LogP contribution < -0.4 is 5.32 Å². The predicted octanol–water partition coefficient (Wildman–Crippen LogP) is 3.05. The van der Waals surface area contributed by atoms with Crippen LogP contribution in [0.3, 0.4) is 0 Å². The van der Waals surface area contributed by atoms with Crippen molar-refractivity contribution in [3.05, 3.63) is 29.3 Å². The van der Waals surface area contributed by atoms with Crippen LogP contribution in [-0.4, -0.2) is 28.8 Å². The standard InChI is InChI=1S/C14H18ClNO3S/c1-3-9(2)13(14(18)19)16-12(17)8-20-11-6-4-10(15)5-7-11/h4-7,9,13H,3,8H2,1-2H3,(H,16,17)(H,18,19). The van der Waals surface area contributed by atoms with Crippen molar-refractivity contribution in [2.24, 2.45) is 5.92 Å². The molecular weight excluding hydrogens is 298 g/mol. The highest BCUT2D eigenvalue weighted by molar-refractivity contribution is 8.00. The Morgan fingerprint density at radius 3 is 2.45 bits per heavy atom. The Bertz CT molecular complexity index is 464. The SMILES string of the molecule is CCC(C)C(NC(=O)CSc1ccc(Cl)cc1)C(=O)O. The predicted molar refractivity (Wildman–Crippen MR) is 81.2 cm³/mol. The average Bonchev–Trinajstić information content (AvgIpc) is 2.43. The second-order valence-electron chi connectivity index (χ2n) is 4.51. The molecule has 2 N–H and O–H groups in total. The van der Waals surface area contributed by atoms with E-state index in [0.717, 1.165) is 4.90 Å². The molecule has 4 nitrogen and oxygen atoms in total. The number of amides is 1. The maximum atomic E-state index is 11.8. The highest BCUT2D eigenvalue weighted by atomic mass is 35.5. The second kappa shape index (κ2) is 8.17. The van der Waals surface area contributed by atoms with E-state index in [4.69, 9.17) is 16.7 Å². The van der Waals surface area contributed by atoms with Crippen LogP contribution in [0, 0.1) is 5.92 Å². The number of carbonyl (C=O) groups excluding carboxylic acids is 1. The minimum absolute atomic E-state index is 0.100. The first-order chi connectivity index (χ1) is 9.43. The van der Waals surface area contributed by atoms with Gasteiger partial charge in [-0.05, 0) is 30.2 Å². The third-order valence-corrected chi connectivity index (χ3v) is 4.24. The Hall–Kier alpha value is -1.20. The maximum Gasteiger partial charge on any atom is 0.326 e. The molecule has 0 heterocycles. The lowest BCUT2D eigenvalue weighted by atomic mass is 9.99. The van der Waals surface area contributed by atoms with Crippen LogP contribution in [0.25, 0.3) is 0 Å². The third kappa shape index (κ3) is 5.43. The number of carboxylic acids is 1. The summed E-state index contributed by atoms with van der Waals surface area (Å²) in [4.78, 5) is 23.8. The largest absolute Gasteiger partial charge is 0.480 e. The van der Waals surface area contributed by atoms with Gasteiger partial charge in [-0.15, -0.1) is 11.8 Å². The quantitative estimate of drug-likeness (QED) is 0.759. The van der Waals surface area contributed by atoms with Gasteiger partial charge in [-0.3, -0.25) is 4.79 Å². The molecule has 2 atom stereocenters. The van der Waals surface area contributed by atoms with Crippen molar-refractivity contribution in [2.75, 3.05) is 5.75 Å². The average molecular weight is 316 g/mol. The Labute approximate surface area is 127 Å². The van der Waals surface area contributed by atoms with E-state index in [1.54, 1.807) is 12.1 Å². The molecule has 0 saturated carbocycles. The van der Waals surface area contributed by atoms with Gasteiger partial charge in [0.1, 0.15) is 6.04 Å². The fraction of sp³-hybridized carbons (Fsp3) is 0.429. The van der Waals surface area contributed by atoms with Crippen LogP contribution in [0.4, 0.5) is 0 Å². The number of hydrogen-bond acceptors (Lipinski definition) is 3. The monoisotopic (exact) mass is 315 g/mol. The normalized spacial score (nSPS) is 13.6. The van der Waals surface area contributed by atoms with Crippen molar-refractivity contribution in [3.8, 4) is 0 Å². The van der Waals surface area contributed by atoms with Crippen LogP contribution in [-0.2, 0) is 9.59 Å². The van der Waals surface area contributed by atoms with Gasteiger partial charge in [-0.2, -0.15) is 0 Å². The maximum absolute atomic E-state index is 11.8. The van der Waals surface area contributed by atoms with Crippen molar-refractivity contribution in [3.63, 3.8) is 0 Å². The van der Waals surface area contributed by atoms with Crippen LogP contribution in [0.5, 0.6) is 0 Å². The van der Waals surface area contributed by atoms with Crippen LogP contribution in [0.2, 0.25) is 5.02 Å². The van der Waals surface area contributed by atoms with E-state index < -0.39 is 12.0 Å². The summed E-state index contributed by atoms with van der Waals surface area (Å²) < 4.78 is 0. The van der Waals surface area contributed by atoms with Crippen LogP contribution >= 0.6 is 23.4 Å². The molecule has 0 aliphatic rings. The van der Waals surface area contributed by atoms with Gasteiger partial charge in [0.15, 0.2) is 0 Å². The van der Waals surface area contributed by atoms with E-state index in [9.17, 15) is 9.59 Å².